The molecule has 0 spiro atoms. The van der Waals surface area contributed by atoms with Crippen LogP contribution in [0.3, 0.4) is 0 Å². The van der Waals surface area contributed by atoms with E-state index in [2.05, 4.69) is 0 Å². The second-order valence-corrected chi connectivity index (χ2v) is 1.22. The molecule has 0 fully saturated rings. The molecule has 0 aliphatic heterocycles. The van der Waals surface area contributed by atoms with Crippen LogP contribution < -0.4 is 0 Å². The van der Waals surface area contributed by atoms with Crippen molar-refractivity contribution in [3.63, 3.8) is 0 Å². The molecule has 0 rings (SSSR count). The maximum atomic E-state index is 8.52. The summed E-state index contributed by atoms with van der Waals surface area (Å²) in [6, 6.07) is 0. The topological polar surface area (TPSA) is 110 Å². The zero-order valence-electron chi connectivity index (χ0n) is 3.90. The molecular weight excluding hydrogens is 315 g/mol. The van der Waals surface area contributed by atoms with Crippen molar-refractivity contribution in [2.24, 2.45) is 0 Å². The molecule has 0 aromatic carbocycles. The second-order valence-electron chi connectivity index (χ2n) is 0.408. The molecule has 0 amide bonds. The largest absolute Gasteiger partial charge is 2.00 e. The predicted molar refractivity (Wildman–Crippen MR) is 18.2 cm³/mol. The van der Waals surface area contributed by atoms with Crippen LogP contribution in [-0.2, 0) is 29.9 Å². The van der Waals surface area contributed by atoms with Gasteiger partial charge in [-0.2, -0.15) is 0 Å². The molecular formula is HBaO5SZn+. The molecule has 0 saturated heterocycles. The Kier molecular flexibility index (Phi) is 25.4. The van der Waals surface area contributed by atoms with E-state index in [-0.39, 0.29) is 73.8 Å². The minimum Gasteiger partial charge on any atom is -0.870 e. The molecule has 0 aromatic rings. The number of hydrogen-bond donors (Lipinski definition) is 0. The van der Waals surface area contributed by atoms with Gasteiger partial charge in [-0.1, -0.05) is 0 Å². The summed E-state index contributed by atoms with van der Waals surface area (Å²) in [4.78, 5) is 0. The van der Waals surface area contributed by atoms with Crippen LogP contribution in [0.2, 0.25) is 0 Å². The maximum absolute atomic E-state index is 8.52. The third-order valence-electron chi connectivity index (χ3n) is 0. The van der Waals surface area contributed by atoms with Crippen molar-refractivity contribution in [1.82, 2.24) is 0 Å². The first-order chi connectivity index (χ1) is 2.00. The number of rotatable bonds is 0. The first-order valence-electron chi connectivity index (χ1n) is 0.667. The fourth-order valence-corrected chi connectivity index (χ4v) is 0. The fourth-order valence-electron chi connectivity index (χ4n) is 0. The summed E-state index contributed by atoms with van der Waals surface area (Å²) in [7, 11) is -5.17. The molecule has 0 heterocycles. The van der Waals surface area contributed by atoms with Crippen molar-refractivity contribution in [2.75, 3.05) is 0 Å². The average Bonchev–Trinajstić information content (AvgIpc) is 0.722. The Hall–Kier alpha value is 2.02. The summed E-state index contributed by atoms with van der Waals surface area (Å²) in [6.45, 7) is 0. The molecule has 8 heavy (non-hydrogen) atoms. The van der Waals surface area contributed by atoms with Crippen LogP contribution in [0.25, 0.3) is 0 Å². The van der Waals surface area contributed by atoms with Crippen molar-refractivity contribution < 1.29 is 42.5 Å². The summed E-state index contributed by atoms with van der Waals surface area (Å²) in [5.74, 6) is 0. The van der Waals surface area contributed by atoms with Crippen LogP contribution in [0.4, 0.5) is 0 Å². The van der Waals surface area contributed by atoms with Crippen LogP contribution in [0, 0.1) is 0 Å². The van der Waals surface area contributed by atoms with Gasteiger partial charge in [0.15, 0.2) is 0 Å². The summed E-state index contributed by atoms with van der Waals surface area (Å²) < 4.78 is 34.1. The van der Waals surface area contributed by atoms with E-state index in [4.69, 9.17) is 17.5 Å². The van der Waals surface area contributed by atoms with Crippen molar-refractivity contribution in [1.29, 1.82) is 0 Å². The van der Waals surface area contributed by atoms with Crippen molar-refractivity contribution in [2.45, 2.75) is 0 Å². The standard InChI is InChI=1S/Ba.H2O4S.H2O.Zn/c;1-5(2,3)4;;/h;(H2,1,2,3,4);1H2;/q+2;;;+2/p-3. The monoisotopic (exact) mass is 315 g/mol. The average molecular weight is 316 g/mol. The van der Waals surface area contributed by atoms with Gasteiger partial charge in [0.25, 0.3) is 0 Å². The van der Waals surface area contributed by atoms with Gasteiger partial charge in [-0.05, 0) is 0 Å². The molecule has 40 valence electrons. The van der Waals surface area contributed by atoms with Gasteiger partial charge in [0, 0.05) is 10.4 Å². The summed E-state index contributed by atoms with van der Waals surface area (Å²) in [5, 5.41) is 0. The third kappa shape index (κ3) is 96.6. The van der Waals surface area contributed by atoms with E-state index in [1.807, 2.05) is 0 Å². The van der Waals surface area contributed by atoms with Crippen LogP contribution in [0.1, 0.15) is 0 Å². The zero-order valence-corrected chi connectivity index (χ0v) is 12.1. The van der Waals surface area contributed by atoms with Gasteiger partial charge >= 0.3 is 68.4 Å². The molecule has 0 atom stereocenters. The molecule has 0 unspecified atom stereocenters. The van der Waals surface area contributed by atoms with Gasteiger partial charge in [-0.15, -0.1) is 0 Å². The molecule has 0 aliphatic rings. The predicted octanol–water partition coefficient (Wildman–Crippen LogP) is -1.90. The quantitative estimate of drug-likeness (QED) is 0.294. The van der Waals surface area contributed by atoms with E-state index in [0.717, 1.165) is 0 Å². The minimum absolute atomic E-state index is 0. The second kappa shape index (κ2) is 9.02. The molecule has 0 radical (unpaired) electrons. The van der Waals surface area contributed by atoms with E-state index in [9.17, 15) is 0 Å². The van der Waals surface area contributed by atoms with Gasteiger partial charge in [0.05, 0.1) is 0 Å². The van der Waals surface area contributed by atoms with Gasteiger partial charge in [-0.3, -0.25) is 8.42 Å². The Balaban J connectivity index is -0.0000000267. The van der Waals surface area contributed by atoms with Gasteiger partial charge in [0.2, 0.25) is 0 Å². The normalized spacial score (nSPS) is 7.25. The Bertz CT molecular complexity index is 95.6. The van der Waals surface area contributed by atoms with Gasteiger partial charge < -0.3 is 14.6 Å². The molecule has 0 aromatic heterocycles. The zero-order chi connectivity index (χ0) is 4.50. The first-order valence-corrected chi connectivity index (χ1v) is 2.00. The van der Waals surface area contributed by atoms with Crippen molar-refractivity contribution in [3.05, 3.63) is 0 Å². The maximum Gasteiger partial charge on any atom is 2.00 e. The molecule has 8 heteroatoms. The van der Waals surface area contributed by atoms with Crippen LogP contribution in [-0.4, -0.2) is 71.9 Å². The van der Waals surface area contributed by atoms with E-state index in [1.165, 1.54) is 0 Å². The minimum atomic E-state index is -5.17. The van der Waals surface area contributed by atoms with E-state index in [0.29, 0.717) is 0 Å². The molecule has 0 saturated carbocycles. The molecule has 0 aliphatic carbocycles. The SMILES string of the molecule is O=S(=O)([O-])[O-].[Ba+2].[OH-].[Zn+2]. The van der Waals surface area contributed by atoms with Crippen LogP contribution >= 0.6 is 0 Å². The van der Waals surface area contributed by atoms with Gasteiger partial charge in [0.1, 0.15) is 0 Å². The fraction of sp³-hybridized carbons (Fsp3) is 0. The van der Waals surface area contributed by atoms with Crippen LogP contribution in [0.5, 0.6) is 0 Å². The van der Waals surface area contributed by atoms with E-state index >= 15 is 0 Å². The first kappa shape index (κ1) is 22.5. The Morgan fingerprint density at radius 1 is 1.12 bits per heavy atom. The Labute approximate surface area is 99.9 Å². The Morgan fingerprint density at radius 3 is 1.12 bits per heavy atom. The summed E-state index contributed by atoms with van der Waals surface area (Å²) in [5.41, 5.74) is 0. The number of hydrogen-bond acceptors (Lipinski definition) is 5. The summed E-state index contributed by atoms with van der Waals surface area (Å²) in [6.07, 6.45) is 0. The van der Waals surface area contributed by atoms with Crippen LogP contribution in [0.15, 0.2) is 0 Å². The van der Waals surface area contributed by atoms with E-state index in [1.54, 1.807) is 0 Å². The molecule has 1 N–H and O–H groups in total. The van der Waals surface area contributed by atoms with Crippen molar-refractivity contribution in [3.8, 4) is 0 Å². The van der Waals surface area contributed by atoms with E-state index < -0.39 is 10.4 Å². The van der Waals surface area contributed by atoms with Crippen molar-refractivity contribution >= 4 is 59.3 Å². The molecule has 0 bridgehead atoms. The third-order valence-corrected chi connectivity index (χ3v) is 0. The summed E-state index contributed by atoms with van der Waals surface area (Å²) >= 11 is 0. The van der Waals surface area contributed by atoms with Gasteiger partial charge in [-0.25, -0.2) is 0 Å². The smallest absolute Gasteiger partial charge is 0.870 e. The molecule has 5 nitrogen and oxygen atoms in total. The Morgan fingerprint density at radius 2 is 1.12 bits per heavy atom.